The van der Waals surface area contributed by atoms with Gasteiger partial charge >= 0.3 is 0 Å². The molecule has 2 heterocycles. The molecule has 0 aliphatic heterocycles. The number of carbonyl (C=O) groups excluding carboxylic acids is 1. The molecule has 0 radical (unpaired) electrons. The van der Waals surface area contributed by atoms with E-state index < -0.39 is 0 Å². The molecule has 146 valence electrons. The number of allylic oxidation sites excluding steroid dienone is 1. The highest BCUT2D eigenvalue weighted by atomic mass is 35.5. The molecule has 0 fully saturated rings. The van der Waals surface area contributed by atoms with Crippen molar-refractivity contribution >= 4 is 34.0 Å². The van der Waals surface area contributed by atoms with E-state index in [0.29, 0.717) is 15.9 Å². The molecule has 0 unspecified atom stereocenters. The molecule has 5 nitrogen and oxygen atoms in total. The van der Waals surface area contributed by atoms with Gasteiger partial charge in [-0.2, -0.15) is 0 Å². The molecule has 3 aromatic rings. The zero-order valence-electron chi connectivity index (χ0n) is 16.1. The summed E-state index contributed by atoms with van der Waals surface area (Å²) in [5.74, 6) is 0.345. The molecular weight excluding hydrogens is 394 g/mol. The number of carbonyl (C=O) groups is 1. The minimum absolute atomic E-state index is 0.0934. The molecule has 1 aromatic carbocycles. The lowest BCUT2D eigenvalue weighted by Crippen LogP contribution is -2.20. The highest BCUT2D eigenvalue weighted by molar-refractivity contribution is 7.14. The Morgan fingerprint density at radius 1 is 1.36 bits per heavy atom. The molecule has 1 N–H and O–H groups in total. The minimum atomic E-state index is -0.259. The van der Waals surface area contributed by atoms with Gasteiger partial charge in [0, 0.05) is 33.9 Å². The van der Waals surface area contributed by atoms with Gasteiger partial charge in [0.2, 0.25) is 0 Å². The maximum Gasteiger partial charge on any atom is 0.264 e. The Bertz CT molecular complexity index is 1020. The van der Waals surface area contributed by atoms with Crippen LogP contribution in [0.15, 0.2) is 42.3 Å². The molecule has 28 heavy (non-hydrogen) atoms. The third-order valence-electron chi connectivity index (χ3n) is 4.41. The summed E-state index contributed by atoms with van der Waals surface area (Å²) in [5, 5.41) is 5.94. The Labute approximate surface area is 173 Å². The number of halogens is 1. The number of amides is 1. The normalized spacial score (nSPS) is 10.7. The predicted molar refractivity (Wildman–Crippen MR) is 116 cm³/mol. The van der Waals surface area contributed by atoms with Gasteiger partial charge in [-0.15, -0.1) is 17.9 Å². The lowest BCUT2D eigenvalue weighted by molar-refractivity contribution is -0.118. The monoisotopic (exact) mass is 415 g/mol. The first-order valence-corrected chi connectivity index (χ1v) is 10.1. The van der Waals surface area contributed by atoms with Crippen molar-refractivity contribution in [2.24, 2.45) is 0 Å². The van der Waals surface area contributed by atoms with Gasteiger partial charge in [-0.1, -0.05) is 17.7 Å². The molecule has 0 bridgehead atoms. The number of nitrogens with zero attached hydrogens (tertiary/aromatic N) is 2. The lowest BCUT2D eigenvalue weighted by atomic mass is 10.2. The van der Waals surface area contributed by atoms with Crippen molar-refractivity contribution in [3.63, 3.8) is 0 Å². The van der Waals surface area contributed by atoms with Crippen LogP contribution in [-0.2, 0) is 11.3 Å². The zero-order chi connectivity index (χ0) is 20.3. The number of anilines is 1. The fourth-order valence-electron chi connectivity index (χ4n) is 2.94. The van der Waals surface area contributed by atoms with Crippen LogP contribution >= 0.6 is 22.9 Å². The van der Waals surface area contributed by atoms with Crippen molar-refractivity contribution < 1.29 is 9.53 Å². The number of aryl methyl sites for hydroxylation is 2. The Kier molecular flexibility index (Phi) is 6.21. The Morgan fingerprint density at radius 2 is 2.14 bits per heavy atom. The first kappa shape index (κ1) is 20.2. The predicted octanol–water partition coefficient (Wildman–Crippen LogP) is 5.39. The maximum absolute atomic E-state index is 12.2. The second kappa shape index (κ2) is 8.63. The van der Waals surface area contributed by atoms with Crippen LogP contribution in [0.25, 0.3) is 11.3 Å². The average molecular weight is 416 g/mol. The first-order valence-electron chi connectivity index (χ1n) is 8.81. The van der Waals surface area contributed by atoms with Crippen molar-refractivity contribution in [2.75, 3.05) is 11.9 Å². The van der Waals surface area contributed by atoms with E-state index >= 15 is 0 Å². The second-order valence-corrected chi connectivity index (χ2v) is 7.74. The van der Waals surface area contributed by atoms with Crippen LogP contribution in [0, 0.1) is 20.8 Å². The van der Waals surface area contributed by atoms with Gasteiger partial charge in [0.25, 0.3) is 5.91 Å². The third-order valence-corrected chi connectivity index (χ3v) is 5.59. The summed E-state index contributed by atoms with van der Waals surface area (Å²) in [6.45, 7) is 10.5. The zero-order valence-corrected chi connectivity index (χ0v) is 17.7. The summed E-state index contributed by atoms with van der Waals surface area (Å²) in [6, 6.07) is 7.39. The van der Waals surface area contributed by atoms with E-state index in [1.165, 1.54) is 11.3 Å². The van der Waals surface area contributed by atoms with Gasteiger partial charge in [-0.25, -0.2) is 4.98 Å². The molecule has 0 aliphatic carbocycles. The smallest absolute Gasteiger partial charge is 0.264 e. The van der Waals surface area contributed by atoms with Crippen LogP contribution in [-0.4, -0.2) is 22.1 Å². The molecule has 0 saturated heterocycles. The van der Waals surface area contributed by atoms with Crippen LogP contribution in [0.3, 0.4) is 0 Å². The van der Waals surface area contributed by atoms with Crippen molar-refractivity contribution in [1.82, 2.24) is 9.55 Å². The Morgan fingerprint density at radius 3 is 2.86 bits per heavy atom. The van der Waals surface area contributed by atoms with E-state index in [2.05, 4.69) is 41.4 Å². The summed E-state index contributed by atoms with van der Waals surface area (Å²) in [5.41, 5.74) is 5.08. The number of benzene rings is 1. The van der Waals surface area contributed by atoms with Crippen molar-refractivity contribution in [2.45, 2.75) is 27.3 Å². The number of nitrogens with one attached hydrogen (secondary N) is 1. The molecule has 3 rings (SSSR count). The van der Waals surface area contributed by atoms with E-state index in [0.717, 1.165) is 34.8 Å². The lowest BCUT2D eigenvalue weighted by Gasteiger charge is -2.07. The third kappa shape index (κ3) is 4.46. The van der Waals surface area contributed by atoms with E-state index in [-0.39, 0.29) is 12.5 Å². The van der Waals surface area contributed by atoms with E-state index in [9.17, 15) is 4.79 Å². The fourth-order valence-corrected chi connectivity index (χ4v) is 3.78. The summed E-state index contributed by atoms with van der Waals surface area (Å²) in [4.78, 5) is 16.7. The quantitative estimate of drug-likeness (QED) is 0.526. The molecular formula is C21H22ClN3O2S. The molecule has 7 heteroatoms. The van der Waals surface area contributed by atoms with Crippen LogP contribution in [0.5, 0.6) is 5.75 Å². The van der Waals surface area contributed by atoms with Gasteiger partial charge in [0.1, 0.15) is 5.75 Å². The highest BCUT2D eigenvalue weighted by Gasteiger charge is 2.14. The fraction of sp³-hybridized carbons (Fsp3) is 0.238. The molecule has 0 saturated carbocycles. The van der Waals surface area contributed by atoms with Crippen molar-refractivity contribution in [3.8, 4) is 17.0 Å². The standard InChI is InChI=1S/C21H22ClN3O2S/c1-5-8-25-14(3)10-17(15(25)4)19-12-28-21(23-19)24-20(26)11-27-16-6-7-18(22)13(2)9-16/h5-7,9-10,12H,1,8,11H2,2-4H3,(H,23,24,26). The van der Waals surface area contributed by atoms with E-state index in [1.807, 2.05) is 18.4 Å². The van der Waals surface area contributed by atoms with Crippen LogP contribution in [0.2, 0.25) is 5.02 Å². The SMILES string of the molecule is C=CCn1c(C)cc(-c2csc(NC(=O)COc3ccc(Cl)c(C)c3)n2)c1C. The molecule has 1 amide bonds. The summed E-state index contributed by atoms with van der Waals surface area (Å²) in [6.07, 6.45) is 1.87. The number of ether oxygens (including phenoxy) is 1. The summed E-state index contributed by atoms with van der Waals surface area (Å²) >= 11 is 7.39. The minimum Gasteiger partial charge on any atom is -0.484 e. The van der Waals surface area contributed by atoms with Gasteiger partial charge in [-0.3, -0.25) is 10.1 Å². The number of hydrogen-bond acceptors (Lipinski definition) is 4. The highest BCUT2D eigenvalue weighted by Crippen LogP contribution is 2.30. The maximum atomic E-state index is 12.2. The van der Waals surface area contributed by atoms with Crippen LogP contribution < -0.4 is 10.1 Å². The number of aromatic nitrogens is 2. The van der Waals surface area contributed by atoms with Crippen LogP contribution in [0.1, 0.15) is 17.0 Å². The van der Waals surface area contributed by atoms with Crippen molar-refractivity contribution in [3.05, 3.63) is 64.3 Å². The van der Waals surface area contributed by atoms with Crippen LogP contribution in [0.4, 0.5) is 5.13 Å². The number of hydrogen-bond donors (Lipinski definition) is 1. The van der Waals surface area contributed by atoms with Gasteiger partial charge in [-0.05, 0) is 50.6 Å². The second-order valence-electron chi connectivity index (χ2n) is 6.47. The van der Waals surface area contributed by atoms with Crippen molar-refractivity contribution in [1.29, 1.82) is 0 Å². The molecule has 0 spiro atoms. The molecule has 0 atom stereocenters. The number of thiazole rings is 1. The van der Waals surface area contributed by atoms with Gasteiger partial charge in [0.05, 0.1) is 5.69 Å². The largest absolute Gasteiger partial charge is 0.484 e. The van der Waals surface area contributed by atoms with E-state index in [1.54, 1.807) is 18.2 Å². The van der Waals surface area contributed by atoms with Gasteiger partial charge < -0.3 is 9.30 Å². The summed E-state index contributed by atoms with van der Waals surface area (Å²) < 4.78 is 7.71. The van der Waals surface area contributed by atoms with Gasteiger partial charge in [0.15, 0.2) is 11.7 Å². The average Bonchev–Trinajstić information content (AvgIpc) is 3.22. The number of rotatable bonds is 7. The summed E-state index contributed by atoms with van der Waals surface area (Å²) in [7, 11) is 0. The Balaban J connectivity index is 1.64. The molecule has 2 aromatic heterocycles. The van der Waals surface area contributed by atoms with E-state index in [4.69, 9.17) is 16.3 Å². The first-order chi connectivity index (χ1) is 13.4. The molecule has 0 aliphatic rings. The Hall–Kier alpha value is -2.57. The topological polar surface area (TPSA) is 56.2 Å².